The molecule has 0 bridgehead atoms. The van der Waals surface area contributed by atoms with Gasteiger partial charge in [-0.2, -0.15) is 0 Å². The molecule has 0 aromatic rings. The number of rotatable bonds is 0. The zero-order valence-corrected chi connectivity index (χ0v) is 10.1. The van der Waals surface area contributed by atoms with Crippen molar-refractivity contribution < 1.29 is 32.9 Å². The second-order valence-electron chi connectivity index (χ2n) is 0.600. The van der Waals surface area contributed by atoms with E-state index in [0.717, 1.165) is 0 Å². The van der Waals surface area contributed by atoms with Crippen LogP contribution in [0, 0.1) is 0 Å². The standard InChI is InChI=1S/Ca.4H2O.Pb.Ti.4H/h;4*1H2;;;;;;/q;;;;;;+4;;;;/p-4. The molecule has 0 aromatic carbocycles. The molecular formula is H8CaO4PbTi. The van der Waals surface area contributed by atoms with Crippen LogP contribution in [0.15, 0.2) is 0 Å². The first-order valence-electron chi connectivity index (χ1n) is 0.894. The van der Waals surface area contributed by atoms with E-state index in [1.165, 1.54) is 0 Å². The van der Waals surface area contributed by atoms with Gasteiger partial charge in [0.15, 0.2) is 0 Å². The van der Waals surface area contributed by atoms with Crippen molar-refractivity contribution in [3.8, 4) is 0 Å². The van der Waals surface area contributed by atoms with Crippen molar-refractivity contribution in [2.75, 3.05) is 0 Å². The van der Waals surface area contributed by atoms with E-state index in [1.807, 2.05) is 0 Å². The number of hydrogen-bond donors (Lipinski definition) is 4. The van der Waals surface area contributed by atoms with Gasteiger partial charge in [-0.1, -0.05) is 0 Å². The molecule has 0 aliphatic heterocycles. The molecule has 0 atom stereocenters. The van der Waals surface area contributed by atoms with Gasteiger partial charge in [0.1, 0.15) is 0 Å². The van der Waals surface area contributed by atoms with E-state index in [2.05, 4.69) is 0 Å². The zero-order chi connectivity index (χ0) is 4.50. The van der Waals surface area contributed by atoms with Crippen LogP contribution in [0.3, 0.4) is 0 Å². The molecule has 0 rings (SSSR count). The molecule has 0 aromatic heterocycles. The van der Waals surface area contributed by atoms with Crippen molar-refractivity contribution >= 4 is 65.0 Å². The van der Waals surface area contributed by atoms with Gasteiger partial charge in [-0.15, -0.1) is 0 Å². The number of hydrogen-bond acceptors (Lipinski definition) is 4. The molecule has 4 nitrogen and oxygen atoms in total. The third kappa shape index (κ3) is 53.0. The average molecular weight is 367 g/mol. The Morgan fingerprint density at radius 3 is 0.857 bits per heavy atom. The Balaban J connectivity index is -0.0000000800. The van der Waals surface area contributed by atoms with Crippen molar-refractivity contribution in [2.24, 2.45) is 0 Å². The van der Waals surface area contributed by atoms with Crippen molar-refractivity contribution in [2.45, 2.75) is 0 Å². The van der Waals surface area contributed by atoms with Gasteiger partial charge < -0.3 is 0 Å². The van der Waals surface area contributed by atoms with Gasteiger partial charge in [0, 0.05) is 0 Å². The molecule has 0 unspecified atom stereocenters. The quantitative estimate of drug-likeness (QED) is 0.329. The molecule has 0 fully saturated rings. The van der Waals surface area contributed by atoms with Crippen LogP contribution in [0.5, 0.6) is 0 Å². The van der Waals surface area contributed by atoms with E-state index in [-0.39, 0.29) is 65.0 Å². The summed E-state index contributed by atoms with van der Waals surface area (Å²) in [5.41, 5.74) is 0. The Hall–Kier alpha value is 2.74. The molecule has 0 aliphatic carbocycles. The molecule has 0 aliphatic rings. The van der Waals surface area contributed by atoms with E-state index in [1.54, 1.807) is 0 Å². The Morgan fingerprint density at radius 1 is 0.857 bits per heavy atom. The second-order valence-corrected chi connectivity index (χ2v) is 2.47. The average Bonchev–Trinajstić information content (AvgIpc) is 0.722. The first-order valence-corrected chi connectivity index (χ1v) is 3.69. The maximum atomic E-state index is 7.38. The SMILES string of the molecule is [CaH2].[OH][Ti]([OH])([OH])[OH].[PbH2]. The molecule has 42 valence electrons. The Morgan fingerprint density at radius 2 is 0.857 bits per heavy atom. The van der Waals surface area contributed by atoms with Crippen LogP contribution in [0.2, 0.25) is 0 Å². The second kappa shape index (κ2) is 6.85. The molecular weight excluding hydrogens is 359 g/mol. The molecule has 0 saturated carbocycles. The van der Waals surface area contributed by atoms with E-state index in [9.17, 15) is 0 Å². The van der Waals surface area contributed by atoms with Gasteiger partial charge in [0.2, 0.25) is 0 Å². The van der Waals surface area contributed by atoms with E-state index in [4.69, 9.17) is 14.8 Å². The fourth-order valence-electron chi connectivity index (χ4n) is 0. The molecule has 0 spiro atoms. The molecule has 7 heteroatoms. The van der Waals surface area contributed by atoms with Gasteiger partial charge in [-0.05, 0) is 0 Å². The third-order valence-corrected chi connectivity index (χ3v) is 0. The van der Waals surface area contributed by atoms with Crippen LogP contribution in [-0.4, -0.2) is 79.8 Å². The summed E-state index contributed by atoms with van der Waals surface area (Å²) in [6.45, 7) is 0. The van der Waals surface area contributed by atoms with Gasteiger partial charge in [0.25, 0.3) is 0 Å². The predicted molar refractivity (Wildman–Crippen MR) is 26.0 cm³/mol. The van der Waals surface area contributed by atoms with Crippen LogP contribution in [-0.2, 0) is 18.1 Å². The summed E-state index contributed by atoms with van der Waals surface area (Å²) in [4.78, 5) is 0. The van der Waals surface area contributed by atoms with Gasteiger partial charge >= 0.3 is 97.9 Å². The van der Waals surface area contributed by atoms with Gasteiger partial charge in [-0.3, -0.25) is 0 Å². The van der Waals surface area contributed by atoms with E-state index < -0.39 is 18.1 Å². The molecule has 2 radical (unpaired) electrons. The normalized spacial score (nSPS) is 8.57. The fourth-order valence-corrected chi connectivity index (χ4v) is 0. The third-order valence-electron chi connectivity index (χ3n) is 0. The minimum atomic E-state index is -5.00. The van der Waals surface area contributed by atoms with Crippen molar-refractivity contribution in [1.29, 1.82) is 0 Å². The van der Waals surface area contributed by atoms with E-state index in [0.29, 0.717) is 0 Å². The maximum absolute atomic E-state index is 7.38. The Bertz CT molecular complexity index is 27.2. The van der Waals surface area contributed by atoms with Crippen LogP contribution in [0.1, 0.15) is 0 Å². The van der Waals surface area contributed by atoms with Crippen molar-refractivity contribution in [3.05, 3.63) is 0 Å². The van der Waals surface area contributed by atoms with Crippen LogP contribution >= 0.6 is 0 Å². The van der Waals surface area contributed by atoms with Crippen LogP contribution < -0.4 is 0 Å². The van der Waals surface area contributed by atoms with E-state index >= 15 is 0 Å². The predicted octanol–water partition coefficient (Wildman–Crippen LogP) is -4.06. The zero-order valence-electron chi connectivity index (χ0n) is 3.00. The summed E-state index contributed by atoms with van der Waals surface area (Å²) < 4.78 is 29.5. The molecule has 0 amide bonds. The van der Waals surface area contributed by atoms with Crippen molar-refractivity contribution in [3.63, 3.8) is 0 Å². The summed E-state index contributed by atoms with van der Waals surface area (Å²) in [5.74, 6) is 0. The summed E-state index contributed by atoms with van der Waals surface area (Å²) in [6, 6.07) is 0. The summed E-state index contributed by atoms with van der Waals surface area (Å²) in [7, 11) is 0. The Kier molecular flexibility index (Phi) is 16.0. The summed E-state index contributed by atoms with van der Waals surface area (Å²) >= 11 is -5.00. The Labute approximate surface area is 96.0 Å². The minimum absolute atomic E-state index is 0. The molecule has 7 heavy (non-hydrogen) atoms. The summed E-state index contributed by atoms with van der Waals surface area (Å²) in [6.07, 6.45) is 0. The topological polar surface area (TPSA) is 80.9 Å². The van der Waals surface area contributed by atoms with Gasteiger partial charge in [-0.25, -0.2) is 0 Å². The molecule has 0 heterocycles. The van der Waals surface area contributed by atoms with Crippen LogP contribution in [0.4, 0.5) is 0 Å². The summed E-state index contributed by atoms with van der Waals surface area (Å²) in [5, 5.41) is 0. The molecule has 0 saturated heterocycles. The first-order chi connectivity index (χ1) is 2.00. The van der Waals surface area contributed by atoms with Gasteiger partial charge in [0.05, 0.1) is 0 Å². The van der Waals surface area contributed by atoms with Crippen LogP contribution in [0.25, 0.3) is 0 Å². The first kappa shape index (κ1) is 16.4. The fraction of sp³-hybridized carbons (Fsp3) is 0. The molecule has 4 N–H and O–H groups in total. The monoisotopic (exact) mass is 368 g/mol. The van der Waals surface area contributed by atoms with Crippen molar-refractivity contribution in [1.82, 2.24) is 0 Å².